The van der Waals surface area contributed by atoms with Crippen molar-refractivity contribution in [3.63, 3.8) is 0 Å². The number of carbonyl (C=O) groups is 1. The molecule has 4 nitrogen and oxygen atoms in total. The van der Waals surface area contributed by atoms with Crippen molar-refractivity contribution in [2.24, 2.45) is 0 Å². The van der Waals surface area contributed by atoms with Gasteiger partial charge in [-0.3, -0.25) is 14.6 Å². The van der Waals surface area contributed by atoms with Crippen LogP contribution in [0.1, 0.15) is 46.0 Å². The van der Waals surface area contributed by atoms with E-state index in [1.807, 2.05) is 0 Å². The van der Waals surface area contributed by atoms with E-state index in [9.17, 15) is 4.79 Å². The highest BCUT2D eigenvalue weighted by Crippen LogP contribution is 2.32. The van der Waals surface area contributed by atoms with Crippen molar-refractivity contribution in [3.05, 3.63) is 0 Å². The first kappa shape index (κ1) is 13.8. The van der Waals surface area contributed by atoms with Gasteiger partial charge in [-0.05, 0) is 52.6 Å². The summed E-state index contributed by atoms with van der Waals surface area (Å²) in [6.07, 6.45) is 4.99. The maximum atomic E-state index is 10.6. The first-order valence-corrected chi connectivity index (χ1v) is 7.31. The summed E-state index contributed by atoms with van der Waals surface area (Å²) in [5, 5.41) is 8.75. The molecule has 1 N–H and O–H groups in total. The van der Waals surface area contributed by atoms with Crippen molar-refractivity contribution in [3.8, 4) is 0 Å². The number of hydrogen-bond donors (Lipinski definition) is 1. The molecule has 2 rings (SSSR count). The van der Waals surface area contributed by atoms with Crippen LogP contribution in [-0.4, -0.2) is 58.6 Å². The molecule has 2 unspecified atom stereocenters. The van der Waals surface area contributed by atoms with Crippen LogP contribution in [0.5, 0.6) is 0 Å². The molecule has 0 saturated carbocycles. The average molecular weight is 254 g/mol. The van der Waals surface area contributed by atoms with Crippen LogP contribution in [0.4, 0.5) is 0 Å². The molecule has 0 radical (unpaired) electrons. The van der Waals surface area contributed by atoms with Gasteiger partial charge < -0.3 is 5.11 Å². The van der Waals surface area contributed by atoms with Crippen molar-refractivity contribution in [1.82, 2.24) is 9.80 Å². The van der Waals surface area contributed by atoms with Gasteiger partial charge in [-0.2, -0.15) is 0 Å². The maximum Gasteiger partial charge on any atom is 0.303 e. The van der Waals surface area contributed by atoms with Gasteiger partial charge >= 0.3 is 5.97 Å². The number of carboxylic acid groups (broad SMARTS) is 1. The minimum absolute atomic E-state index is 0.296. The van der Waals surface area contributed by atoms with Crippen LogP contribution in [0.3, 0.4) is 0 Å². The Balaban J connectivity index is 1.90. The number of aliphatic carboxylic acids is 1. The fraction of sp³-hybridized carbons (Fsp3) is 0.929. The van der Waals surface area contributed by atoms with E-state index < -0.39 is 5.97 Å². The summed E-state index contributed by atoms with van der Waals surface area (Å²) in [5.41, 5.74) is 0. The highest BCUT2D eigenvalue weighted by atomic mass is 16.4. The quantitative estimate of drug-likeness (QED) is 0.785. The van der Waals surface area contributed by atoms with Crippen LogP contribution in [0.25, 0.3) is 0 Å². The summed E-state index contributed by atoms with van der Waals surface area (Å²) in [6, 6.07) is 1.91. The number of carboxylic acids is 1. The van der Waals surface area contributed by atoms with E-state index in [2.05, 4.69) is 23.6 Å². The van der Waals surface area contributed by atoms with Gasteiger partial charge in [0.2, 0.25) is 0 Å². The lowest BCUT2D eigenvalue weighted by atomic mass is 10.0. The standard InChI is InChI=1S/C14H26N2O2/c1-11(2)16(9-4-6-14(17)18)13-7-10-15-8-3-5-12(13)15/h11-13H,3-10H2,1-2H3,(H,17,18). The van der Waals surface area contributed by atoms with Crippen molar-refractivity contribution < 1.29 is 9.90 Å². The topological polar surface area (TPSA) is 43.8 Å². The Hall–Kier alpha value is -0.610. The molecule has 0 amide bonds. The van der Waals surface area contributed by atoms with Gasteiger partial charge in [0.05, 0.1) is 0 Å². The highest BCUT2D eigenvalue weighted by Gasteiger charge is 2.40. The van der Waals surface area contributed by atoms with E-state index in [0.29, 0.717) is 18.5 Å². The third-order valence-corrected chi connectivity index (χ3v) is 4.47. The Morgan fingerprint density at radius 2 is 2.17 bits per heavy atom. The molecule has 0 aromatic rings. The van der Waals surface area contributed by atoms with Crippen LogP contribution < -0.4 is 0 Å². The molecule has 0 aromatic carbocycles. The molecule has 2 aliphatic rings. The first-order chi connectivity index (χ1) is 8.59. The smallest absolute Gasteiger partial charge is 0.303 e. The number of nitrogens with zero attached hydrogens (tertiary/aromatic N) is 2. The van der Waals surface area contributed by atoms with Gasteiger partial charge in [0.15, 0.2) is 0 Å². The molecule has 104 valence electrons. The average Bonchev–Trinajstić information content (AvgIpc) is 2.86. The predicted molar refractivity (Wildman–Crippen MR) is 71.7 cm³/mol. The summed E-state index contributed by atoms with van der Waals surface area (Å²) in [5.74, 6) is -0.673. The second kappa shape index (κ2) is 6.02. The van der Waals surface area contributed by atoms with E-state index >= 15 is 0 Å². The molecule has 0 spiro atoms. The van der Waals surface area contributed by atoms with Crippen LogP contribution >= 0.6 is 0 Å². The van der Waals surface area contributed by atoms with E-state index in [0.717, 1.165) is 19.0 Å². The summed E-state index contributed by atoms with van der Waals surface area (Å²) in [4.78, 5) is 15.8. The zero-order valence-corrected chi connectivity index (χ0v) is 11.6. The summed E-state index contributed by atoms with van der Waals surface area (Å²) < 4.78 is 0. The van der Waals surface area contributed by atoms with Gasteiger partial charge in [-0.1, -0.05) is 0 Å². The molecular formula is C14H26N2O2. The van der Waals surface area contributed by atoms with E-state index in [-0.39, 0.29) is 0 Å². The molecule has 2 aliphatic heterocycles. The Kier molecular flexibility index (Phi) is 4.62. The number of hydrogen-bond acceptors (Lipinski definition) is 3. The SMILES string of the molecule is CC(C)N(CCCC(=O)O)C1CCN2CCCC12. The van der Waals surface area contributed by atoms with Crippen LogP contribution in [0.2, 0.25) is 0 Å². The van der Waals surface area contributed by atoms with Gasteiger partial charge in [0, 0.05) is 31.1 Å². The fourth-order valence-electron chi connectivity index (χ4n) is 3.66. The van der Waals surface area contributed by atoms with Crippen molar-refractivity contribution >= 4 is 5.97 Å². The third kappa shape index (κ3) is 3.04. The lowest BCUT2D eigenvalue weighted by Crippen LogP contribution is -2.46. The summed E-state index contributed by atoms with van der Waals surface area (Å²) in [7, 11) is 0. The van der Waals surface area contributed by atoms with E-state index in [1.165, 1.54) is 32.4 Å². The lowest BCUT2D eigenvalue weighted by Gasteiger charge is -2.36. The van der Waals surface area contributed by atoms with Gasteiger partial charge in [-0.25, -0.2) is 0 Å². The Bertz CT molecular complexity index is 294. The second-order valence-corrected chi connectivity index (χ2v) is 5.93. The number of fused-ring (bicyclic) bond motifs is 1. The predicted octanol–water partition coefficient (Wildman–Crippen LogP) is 1.80. The first-order valence-electron chi connectivity index (χ1n) is 7.31. The Labute approximate surface area is 110 Å². The molecule has 0 aromatic heterocycles. The minimum Gasteiger partial charge on any atom is -0.481 e. The van der Waals surface area contributed by atoms with Crippen LogP contribution in [-0.2, 0) is 4.79 Å². The molecule has 18 heavy (non-hydrogen) atoms. The molecule has 0 bridgehead atoms. The minimum atomic E-state index is -0.673. The zero-order chi connectivity index (χ0) is 13.1. The Morgan fingerprint density at radius 3 is 2.83 bits per heavy atom. The van der Waals surface area contributed by atoms with Crippen molar-refractivity contribution in [2.45, 2.75) is 64.1 Å². The third-order valence-electron chi connectivity index (χ3n) is 4.47. The van der Waals surface area contributed by atoms with E-state index in [4.69, 9.17) is 5.11 Å². The molecule has 0 aliphatic carbocycles. The molecule has 2 heterocycles. The molecule has 2 fully saturated rings. The van der Waals surface area contributed by atoms with Gasteiger partial charge in [0.1, 0.15) is 0 Å². The lowest BCUT2D eigenvalue weighted by molar-refractivity contribution is -0.137. The van der Waals surface area contributed by atoms with Gasteiger partial charge in [-0.15, -0.1) is 0 Å². The van der Waals surface area contributed by atoms with Crippen LogP contribution in [0.15, 0.2) is 0 Å². The fourth-order valence-corrected chi connectivity index (χ4v) is 3.66. The molecule has 2 atom stereocenters. The normalized spacial score (nSPS) is 28.2. The maximum absolute atomic E-state index is 10.6. The largest absolute Gasteiger partial charge is 0.481 e. The molecule has 2 saturated heterocycles. The van der Waals surface area contributed by atoms with Crippen LogP contribution in [0, 0.1) is 0 Å². The monoisotopic (exact) mass is 254 g/mol. The van der Waals surface area contributed by atoms with E-state index in [1.54, 1.807) is 0 Å². The Morgan fingerprint density at radius 1 is 1.39 bits per heavy atom. The summed E-state index contributed by atoms with van der Waals surface area (Å²) in [6.45, 7) is 7.90. The zero-order valence-electron chi connectivity index (χ0n) is 11.6. The molecular weight excluding hydrogens is 228 g/mol. The number of rotatable bonds is 6. The highest BCUT2D eigenvalue weighted by molar-refractivity contribution is 5.66. The second-order valence-electron chi connectivity index (χ2n) is 5.93. The van der Waals surface area contributed by atoms with Crippen molar-refractivity contribution in [2.75, 3.05) is 19.6 Å². The molecule has 4 heteroatoms. The van der Waals surface area contributed by atoms with Crippen molar-refractivity contribution in [1.29, 1.82) is 0 Å². The summed E-state index contributed by atoms with van der Waals surface area (Å²) >= 11 is 0. The van der Waals surface area contributed by atoms with Gasteiger partial charge in [0.25, 0.3) is 0 Å².